The van der Waals surface area contributed by atoms with Gasteiger partial charge < -0.3 is 10.5 Å². The summed E-state index contributed by atoms with van der Waals surface area (Å²) < 4.78 is 18.7. The van der Waals surface area contributed by atoms with E-state index in [0.717, 1.165) is 11.3 Å². The number of halogens is 2. The molecule has 14 heavy (non-hydrogen) atoms. The van der Waals surface area contributed by atoms with Crippen molar-refractivity contribution in [3.05, 3.63) is 16.9 Å². The number of rotatable bonds is 1. The van der Waals surface area contributed by atoms with Crippen LogP contribution in [0.4, 0.5) is 9.52 Å². The molecule has 6 heteroatoms. The number of hydrogen-bond acceptors (Lipinski definition) is 4. The van der Waals surface area contributed by atoms with Crippen LogP contribution in [0.15, 0.2) is 6.07 Å². The standard InChI is InChI=1S/C8H6ClFN2OS/c1-13-4-2-3(9)6-7(5(4)10)14-8(11)12-6/h2H,1H3,(H2,11,12). The SMILES string of the molecule is COc1cc(Cl)c2nc(N)sc2c1F. The maximum absolute atomic E-state index is 13.6. The lowest BCUT2D eigenvalue weighted by Crippen LogP contribution is -1.88. The molecule has 0 atom stereocenters. The number of nitrogens with two attached hydrogens (primary N) is 1. The summed E-state index contributed by atoms with van der Waals surface area (Å²) in [6.45, 7) is 0. The van der Waals surface area contributed by atoms with Crippen molar-refractivity contribution in [1.82, 2.24) is 4.98 Å². The monoisotopic (exact) mass is 232 g/mol. The van der Waals surface area contributed by atoms with E-state index in [2.05, 4.69) is 4.98 Å². The van der Waals surface area contributed by atoms with E-state index < -0.39 is 5.82 Å². The summed E-state index contributed by atoms with van der Waals surface area (Å²) in [5, 5.41) is 0.625. The van der Waals surface area contributed by atoms with E-state index in [9.17, 15) is 4.39 Å². The summed E-state index contributed by atoms with van der Waals surface area (Å²) in [4.78, 5) is 3.92. The number of nitrogen functional groups attached to an aromatic ring is 1. The number of benzene rings is 1. The van der Waals surface area contributed by atoms with Crippen LogP contribution in [0.5, 0.6) is 5.75 Å². The van der Waals surface area contributed by atoms with Gasteiger partial charge in [-0.15, -0.1) is 0 Å². The Balaban J connectivity index is 2.86. The minimum Gasteiger partial charge on any atom is -0.494 e. The van der Waals surface area contributed by atoms with E-state index in [0.29, 0.717) is 15.2 Å². The number of ether oxygens (including phenoxy) is 1. The molecule has 3 nitrogen and oxygen atoms in total. The van der Waals surface area contributed by atoms with Gasteiger partial charge in [-0.3, -0.25) is 0 Å². The zero-order valence-corrected chi connectivity index (χ0v) is 8.75. The second-order valence-electron chi connectivity index (χ2n) is 2.60. The molecule has 0 aliphatic rings. The first-order valence-corrected chi connectivity index (χ1v) is 4.91. The Morgan fingerprint density at radius 1 is 1.64 bits per heavy atom. The van der Waals surface area contributed by atoms with Gasteiger partial charge in [0.25, 0.3) is 0 Å². The Hall–Kier alpha value is -1.07. The Morgan fingerprint density at radius 2 is 2.36 bits per heavy atom. The third-order valence-corrected chi connectivity index (χ3v) is 2.93. The van der Waals surface area contributed by atoms with Crippen molar-refractivity contribution in [2.24, 2.45) is 0 Å². The third kappa shape index (κ3) is 1.29. The average Bonchev–Trinajstić information content (AvgIpc) is 2.54. The van der Waals surface area contributed by atoms with Gasteiger partial charge >= 0.3 is 0 Å². The van der Waals surface area contributed by atoms with Crippen molar-refractivity contribution >= 4 is 38.3 Å². The summed E-state index contributed by atoms with van der Waals surface area (Å²) in [7, 11) is 1.38. The maximum Gasteiger partial charge on any atom is 0.184 e. The van der Waals surface area contributed by atoms with Gasteiger partial charge in [-0.05, 0) is 0 Å². The fourth-order valence-corrected chi connectivity index (χ4v) is 2.23. The largest absolute Gasteiger partial charge is 0.494 e. The lowest BCUT2D eigenvalue weighted by atomic mass is 10.3. The average molecular weight is 233 g/mol. The molecule has 0 amide bonds. The number of aromatic nitrogens is 1. The maximum atomic E-state index is 13.6. The van der Waals surface area contributed by atoms with Crippen LogP contribution < -0.4 is 10.5 Å². The van der Waals surface area contributed by atoms with E-state index in [4.69, 9.17) is 22.1 Å². The smallest absolute Gasteiger partial charge is 0.184 e. The summed E-state index contributed by atoms with van der Waals surface area (Å²) in [5.41, 5.74) is 5.84. The van der Waals surface area contributed by atoms with Crippen LogP contribution in [0.2, 0.25) is 5.02 Å². The van der Waals surface area contributed by atoms with Gasteiger partial charge in [0, 0.05) is 6.07 Å². The zero-order valence-electron chi connectivity index (χ0n) is 7.17. The molecular weight excluding hydrogens is 227 g/mol. The highest BCUT2D eigenvalue weighted by molar-refractivity contribution is 7.22. The molecule has 0 aliphatic heterocycles. The second kappa shape index (κ2) is 3.25. The molecule has 0 aliphatic carbocycles. The Kier molecular flexibility index (Phi) is 2.20. The highest BCUT2D eigenvalue weighted by atomic mass is 35.5. The van der Waals surface area contributed by atoms with Gasteiger partial charge in [-0.2, -0.15) is 0 Å². The fraction of sp³-hybridized carbons (Fsp3) is 0.125. The molecule has 0 unspecified atom stereocenters. The molecule has 0 spiro atoms. The highest BCUT2D eigenvalue weighted by Gasteiger charge is 2.15. The van der Waals surface area contributed by atoms with Gasteiger partial charge in [-0.25, -0.2) is 9.37 Å². The van der Waals surface area contributed by atoms with Crippen LogP contribution in [-0.2, 0) is 0 Å². The molecule has 0 fully saturated rings. The van der Waals surface area contributed by atoms with Crippen molar-refractivity contribution in [3.63, 3.8) is 0 Å². The summed E-state index contributed by atoms with van der Waals surface area (Å²) >= 11 is 6.92. The fourth-order valence-electron chi connectivity index (χ4n) is 1.15. The van der Waals surface area contributed by atoms with Crippen LogP contribution >= 0.6 is 22.9 Å². The van der Waals surface area contributed by atoms with Crippen LogP contribution in [0.1, 0.15) is 0 Å². The van der Waals surface area contributed by atoms with Crippen molar-refractivity contribution in [2.45, 2.75) is 0 Å². The molecule has 0 saturated carbocycles. The summed E-state index contributed by atoms with van der Waals surface area (Å²) in [6.07, 6.45) is 0. The number of thiazole rings is 1. The predicted molar refractivity (Wildman–Crippen MR) is 55.6 cm³/mol. The second-order valence-corrected chi connectivity index (χ2v) is 4.04. The number of hydrogen-bond donors (Lipinski definition) is 1. The number of methoxy groups -OCH3 is 1. The Labute approximate surface area is 88.3 Å². The summed E-state index contributed by atoms with van der Waals surface area (Å²) in [5.74, 6) is -0.368. The predicted octanol–water partition coefficient (Wildman–Crippen LogP) is 2.68. The van der Waals surface area contributed by atoms with Crippen LogP contribution in [0, 0.1) is 5.82 Å². The molecule has 0 radical (unpaired) electrons. The normalized spacial score (nSPS) is 10.8. The lowest BCUT2D eigenvalue weighted by molar-refractivity contribution is 0.389. The number of anilines is 1. The Bertz CT molecular complexity index is 500. The van der Waals surface area contributed by atoms with Crippen LogP contribution in [0.3, 0.4) is 0 Å². The third-order valence-electron chi connectivity index (χ3n) is 1.76. The molecule has 1 heterocycles. The first-order chi connectivity index (χ1) is 6.63. The molecule has 1 aromatic carbocycles. The van der Waals surface area contributed by atoms with Gasteiger partial charge in [0.2, 0.25) is 0 Å². The molecule has 74 valence electrons. The van der Waals surface area contributed by atoms with Gasteiger partial charge in [0.1, 0.15) is 5.52 Å². The van der Waals surface area contributed by atoms with Crippen LogP contribution in [0.25, 0.3) is 10.2 Å². The minimum absolute atomic E-state index is 0.103. The van der Waals surface area contributed by atoms with E-state index >= 15 is 0 Å². The van der Waals surface area contributed by atoms with Gasteiger partial charge in [-0.1, -0.05) is 22.9 Å². The molecular formula is C8H6ClFN2OS. The first-order valence-electron chi connectivity index (χ1n) is 3.71. The lowest BCUT2D eigenvalue weighted by Gasteiger charge is -2.02. The van der Waals surface area contributed by atoms with Gasteiger partial charge in [0.15, 0.2) is 16.7 Å². The summed E-state index contributed by atoms with van der Waals surface area (Å²) in [6, 6.07) is 1.39. The van der Waals surface area contributed by atoms with E-state index in [-0.39, 0.29) is 10.9 Å². The molecule has 0 bridgehead atoms. The van der Waals surface area contributed by atoms with Crippen molar-refractivity contribution in [3.8, 4) is 5.75 Å². The molecule has 2 rings (SSSR count). The van der Waals surface area contributed by atoms with Crippen molar-refractivity contribution in [1.29, 1.82) is 0 Å². The van der Waals surface area contributed by atoms with Crippen molar-refractivity contribution < 1.29 is 9.13 Å². The van der Waals surface area contributed by atoms with E-state index in [1.807, 2.05) is 0 Å². The van der Waals surface area contributed by atoms with Crippen molar-refractivity contribution in [2.75, 3.05) is 12.8 Å². The minimum atomic E-state index is -0.471. The molecule has 2 aromatic rings. The number of fused-ring (bicyclic) bond motifs is 1. The number of nitrogens with zero attached hydrogens (tertiary/aromatic N) is 1. The van der Waals surface area contributed by atoms with E-state index in [1.54, 1.807) is 0 Å². The Morgan fingerprint density at radius 3 is 3.00 bits per heavy atom. The first kappa shape index (κ1) is 9.48. The topological polar surface area (TPSA) is 48.1 Å². The van der Waals surface area contributed by atoms with E-state index in [1.165, 1.54) is 13.2 Å². The molecule has 1 aromatic heterocycles. The van der Waals surface area contributed by atoms with Gasteiger partial charge in [0.05, 0.1) is 16.8 Å². The van der Waals surface area contributed by atoms with Crippen LogP contribution in [-0.4, -0.2) is 12.1 Å². The highest BCUT2D eigenvalue weighted by Crippen LogP contribution is 2.36. The molecule has 0 saturated heterocycles. The quantitative estimate of drug-likeness (QED) is 0.822. The zero-order chi connectivity index (χ0) is 10.3. The molecule has 2 N–H and O–H groups in total.